The Labute approximate surface area is 47.7 Å². The molecule has 1 aromatic heterocycles. The summed E-state index contributed by atoms with van der Waals surface area (Å²) >= 11 is 0. The fourth-order valence-corrected chi connectivity index (χ4v) is 0.436. The summed E-state index contributed by atoms with van der Waals surface area (Å²) in [5.41, 5.74) is 0. The van der Waals surface area contributed by atoms with Gasteiger partial charge in [-0.2, -0.15) is 4.98 Å². The van der Waals surface area contributed by atoms with Crippen LogP contribution in [0.2, 0.25) is 0 Å². The van der Waals surface area contributed by atoms with Crippen molar-refractivity contribution in [1.29, 1.82) is 0 Å². The zero-order chi connectivity index (χ0) is 5.98. The molecule has 0 aliphatic rings. The summed E-state index contributed by atoms with van der Waals surface area (Å²) in [6.45, 7) is 4.01. The van der Waals surface area contributed by atoms with Gasteiger partial charge in [-0.25, -0.2) is 0 Å². The molecule has 0 aromatic carbocycles. The Hall–Kier alpha value is -0.860. The number of rotatable bonds is 1. The van der Waals surface area contributed by atoms with Crippen LogP contribution in [0.3, 0.4) is 0 Å². The lowest BCUT2D eigenvalue weighted by molar-refractivity contribution is 0.364. The molecule has 0 radical (unpaired) electrons. The topological polar surface area (TPSA) is 38.9 Å². The Morgan fingerprint density at radius 3 is 2.62 bits per heavy atom. The molecule has 0 spiro atoms. The summed E-state index contributed by atoms with van der Waals surface area (Å²) in [4.78, 5) is 3.84. The summed E-state index contributed by atoms with van der Waals surface area (Å²) in [6, 6.07) is 0. The Kier molecular flexibility index (Phi) is 1.28. The van der Waals surface area contributed by atoms with Crippen molar-refractivity contribution in [1.82, 2.24) is 10.1 Å². The zero-order valence-electron chi connectivity index (χ0n) is 4.96. The fraction of sp³-hybridized carbons (Fsp3) is 0.600. The lowest BCUT2D eigenvalue weighted by Gasteiger charge is -1.90. The van der Waals surface area contributed by atoms with E-state index in [9.17, 15) is 0 Å². The smallest absolute Gasteiger partial charge is 0.228 e. The molecule has 8 heavy (non-hydrogen) atoms. The van der Waals surface area contributed by atoms with Crippen LogP contribution < -0.4 is 0 Å². The highest BCUT2D eigenvalue weighted by molar-refractivity contribution is 4.81. The summed E-state index contributed by atoms with van der Waals surface area (Å²) in [7, 11) is 0. The minimum Gasteiger partial charge on any atom is -0.339 e. The Bertz CT molecular complexity index is 145. The lowest BCUT2D eigenvalue weighted by atomic mass is 10.2. The molecule has 3 heteroatoms. The second-order valence-electron chi connectivity index (χ2n) is 1.93. The second kappa shape index (κ2) is 1.94. The standard InChI is InChI=1S/C5H8N2O/c1-4(2)5-6-3-7-8-5/h3-4H,1-2H3. The monoisotopic (exact) mass is 112 g/mol. The van der Waals surface area contributed by atoms with Gasteiger partial charge in [-0.05, 0) is 0 Å². The van der Waals surface area contributed by atoms with E-state index in [4.69, 9.17) is 4.52 Å². The van der Waals surface area contributed by atoms with E-state index in [0.717, 1.165) is 0 Å². The maximum absolute atomic E-state index is 4.73. The van der Waals surface area contributed by atoms with E-state index in [2.05, 4.69) is 10.1 Å². The van der Waals surface area contributed by atoms with Gasteiger partial charge in [-0.3, -0.25) is 0 Å². The molecule has 0 aliphatic carbocycles. The normalized spacial score (nSPS) is 10.4. The molecule has 0 bridgehead atoms. The zero-order valence-corrected chi connectivity index (χ0v) is 4.96. The van der Waals surface area contributed by atoms with Gasteiger partial charge >= 0.3 is 0 Å². The maximum atomic E-state index is 4.73. The van der Waals surface area contributed by atoms with Crippen LogP contribution in [0.4, 0.5) is 0 Å². The molecule has 1 heterocycles. The Morgan fingerprint density at radius 1 is 1.62 bits per heavy atom. The predicted molar refractivity (Wildman–Crippen MR) is 28.4 cm³/mol. The third kappa shape index (κ3) is 0.857. The molecule has 44 valence electrons. The minimum atomic E-state index is 0.345. The van der Waals surface area contributed by atoms with Crippen molar-refractivity contribution in [2.24, 2.45) is 0 Å². The Balaban J connectivity index is 2.77. The van der Waals surface area contributed by atoms with Crippen LogP contribution in [0.15, 0.2) is 10.9 Å². The predicted octanol–water partition coefficient (Wildman–Crippen LogP) is 1.19. The van der Waals surface area contributed by atoms with E-state index in [-0.39, 0.29) is 0 Å². The first-order chi connectivity index (χ1) is 3.80. The van der Waals surface area contributed by atoms with Crippen molar-refractivity contribution >= 4 is 0 Å². The van der Waals surface area contributed by atoms with Crippen LogP contribution in [0.1, 0.15) is 25.7 Å². The first kappa shape index (κ1) is 5.28. The average Bonchev–Trinajstić information content (AvgIpc) is 2.12. The van der Waals surface area contributed by atoms with Crippen molar-refractivity contribution in [3.63, 3.8) is 0 Å². The van der Waals surface area contributed by atoms with E-state index >= 15 is 0 Å². The van der Waals surface area contributed by atoms with Crippen LogP contribution in [-0.2, 0) is 0 Å². The molecule has 1 rings (SSSR count). The van der Waals surface area contributed by atoms with Crippen molar-refractivity contribution < 1.29 is 4.52 Å². The number of hydrogen-bond acceptors (Lipinski definition) is 3. The van der Waals surface area contributed by atoms with E-state index in [1.54, 1.807) is 0 Å². The van der Waals surface area contributed by atoms with Gasteiger partial charge in [0.15, 0.2) is 6.33 Å². The second-order valence-corrected chi connectivity index (χ2v) is 1.93. The van der Waals surface area contributed by atoms with Gasteiger partial charge in [0.1, 0.15) is 0 Å². The summed E-state index contributed by atoms with van der Waals surface area (Å²) < 4.78 is 4.73. The fourth-order valence-electron chi connectivity index (χ4n) is 0.436. The summed E-state index contributed by atoms with van der Waals surface area (Å²) in [6.07, 6.45) is 1.41. The molecule has 0 unspecified atom stereocenters. The quantitative estimate of drug-likeness (QED) is 0.547. The van der Waals surface area contributed by atoms with Crippen molar-refractivity contribution in [2.45, 2.75) is 19.8 Å². The molecule has 0 N–H and O–H groups in total. The van der Waals surface area contributed by atoms with E-state index < -0.39 is 0 Å². The summed E-state index contributed by atoms with van der Waals surface area (Å²) in [5.74, 6) is 1.04. The van der Waals surface area contributed by atoms with Crippen LogP contribution in [-0.4, -0.2) is 10.1 Å². The number of hydrogen-bond donors (Lipinski definition) is 0. The molecule has 0 saturated heterocycles. The molecule has 0 atom stereocenters. The highest BCUT2D eigenvalue weighted by atomic mass is 16.5. The van der Waals surface area contributed by atoms with Gasteiger partial charge in [-0.1, -0.05) is 19.0 Å². The van der Waals surface area contributed by atoms with Crippen LogP contribution in [0, 0.1) is 0 Å². The van der Waals surface area contributed by atoms with Gasteiger partial charge in [0.05, 0.1) is 0 Å². The molecule has 0 amide bonds. The molecule has 1 aromatic rings. The molecule has 3 nitrogen and oxygen atoms in total. The SMILES string of the molecule is CC(C)c1ncno1. The lowest BCUT2D eigenvalue weighted by Crippen LogP contribution is -1.84. The van der Waals surface area contributed by atoms with E-state index in [1.165, 1.54) is 6.33 Å². The largest absolute Gasteiger partial charge is 0.339 e. The maximum Gasteiger partial charge on any atom is 0.228 e. The Morgan fingerprint density at radius 2 is 2.38 bits per heavy atom. The van der Waals surface area contributed by atoms with Crippen molar-refractivity contribution in [3.8, 4) is 0 Å². The minimum absolute atomic E-state index is 0.345. The first-order valence-corrected chi connectivity index (χ1v) is 2.57. The van der Waals surface area contributed by atoms with Crippen molar-refractivity contribution in [2.75, 3.05) is 0 Å². The van der Waals surface area contributed by atoms with Gasteiger partial charge < -0.3 is 4.52 Å². The van der Waals surface area contributed by atoms with Gasteiger partial charge in [0.2, 0.25) is 5.89 Å². The highest BCUT2D eigenvalue weighted by Crippen LogP contribution is 2.07. The molecule has 0 saturated carbocycles. The highest BCUT2D eigenvalue weighted by Gasteiger charge is 2.01. The van der Waals surface area contributed by atoms with Crippen LogP contribution >= 0.6 is 0 Å². The molecule has 0 fully saturated rings. The average molecular weight is 112 g/mol. The third-order valence-corrected chi connectivity index (χ3v) is 0.872. The van der Waals surface area contributed by atoms with E-state index in [0.29, 0.717) is 11.8 Å². The number of aromatic nitrogens is 2. The molecular weight excluding hydrogens is 104 g/mol. The summed E-state index contributed by atoms with van der Waals surface area (Å²) in [5, 5.41) is 3.46. The van der Waals surface area contributed by atoms with Crippen molar-refractivity contribution in [3.05, 3.63) is 12.2 Å². The van der Waals surface area contributed by atoms with Gasteiger partial charge in [-0.15, -0.1) is 0 Å². The van der Waals surface area contributed by atoms with Crippen LogP contribution in [0.5, 0.6) is 0 Å². The molecule has 0 aliphatic heterocycles. The van der Waals surface area contributed by atoms with Crippen LogP contribution in [0.25, 0.3) is 0 Å². The number of nitrogens with zero attached hydrogens (tertiary/aromatic N) is 2. The van der Waals surface area contributed by atoms with Gasteiger partial charge in [0.25, 0.3) is 0 Å². The molecular formula is C5H8N2O. The third-order valence-electron chi connectivity index (χ3n) is 0.872. The van der Waals surface area contributed by atoms with Gasteiger partial charge in [0, 0.05) is 5.92 Å². The van der Waals surface area contributed by atoms with E-state index in [1.807, 2.05) is 13.8 Å². The first-order valence-electron chi connectivity index (χ1n) is 2.57.